The molecule has 2 aromatic rings. The SMILES string of the molecule is Cc1cccc(C)c1C(N)c1occc1Br. The third-order valence-corrected chi connectivity index (χ3v) is 3.44. The molecule has 2 N–H and O–H groups in total. The van der Waals surface area contributed by atoms with Crippen LogP contribution in [0.5, 0.6) is 0 Å². The monoisotopic (exact) mass is 279 g/mol. The molecule has 1 heterocycles. The number of aryl methyl sites for hydroxylation is 2. The lowest BCUT2D eigenvalue weighted by Gasteiger charge is -2.15. The molecule has 0 radical (unpaired) electrons. The predicted molar refractivity (Wildman–Crippen MR) is 68.4 cm³/mol. The van der Waals surface area contributed by atoms with E-state index >= 15 is 0 Å². The van der Waals surface area contributed by atoms with Gasteiger partial charge in [-0.1, -0.05) is 18.2 Å². The highest BCUT2D eigenvalue weighted by molar-refractivity contribution is 9.10. The van der Waals surface area contributed by atoms with Gasteiger partial charge in [0.05, 0.1) is 16.8 Å². The van der Waals surface area contributed by atoms with E-state index in [-0.39, 0.29) is 6.04 Å². The third kappa shape index (κ3) is 1.93. The minimum Gasteiger partial charge on any atom is -0.466 e. The van der Waals surface area contributed by atoms with Crippen LogP contribution >= 0.6 is 15.9 Å². The van der Waals surface area contributed by atoms with Crippen LogP contribution in [-0.4, -0.2) is 0 Å². The molecule has 2 rings (SSSR count). The first-order valence-electron chi connectivity index (χ1n) is 5.16. The van der Waals surface area contributed by atoms with E-state index in [1.165, 1.54) is 11.1 Å². The van der Waals surface area contributed by atoms with Crippen LogP contribution < -0.4 is 5.73 Å². The van der Waals surface area contributed by atoms with E-state index in [0.29, 0.717) is 0 Å². The summed E-state index contributed by atoms with van der Waals surface area (Å²) in [6.45, 7) is 4.14. The van der Waals surface area contributed by atoms with Crippen LogP contribution in [0.2, 0.25) is 0 Å². The number of rotatable bonds is 2. The molecule has 1 aromatic heterocycles. The largest absolute Gasteiger partial charge is 0.466 e. The van der Waals surface area contributed by atoms with Gasteiger partial charge < -0.3 is 10.2 Å². The Morgan fingerprint density at radius 2 is 1.81 bits per heavy atom. The zero-order valence-corrected chi connectivity index (χ0v) is 10.9. The van der Waals surface area contributed by atoms with Crippen molar-refractivity contribution in [1.29, 1.82) is 0 Å². The van der Waals surface area contributed by atoms with Gasteiger partial charge in [0.15, 0.2) is 0 Å². The minimum atomic E-state index is -0.217. The molecule has 0 saturated heterocycles. The van der Waals surface area contributed by atoms with Crippen LogP contribution in [0.25, 0.3) is 0 Å². The normalized spacial score (nSPS) is 12.8. The van der Waals surface area contributed by atoms with Gasteiger partial charge in [-0.3, -0.25) is 0 Å². The summed E-state index contributed by atoms with van der Waals surface area (Å²) in [5, 5.41) is 0. The van der Waals surface area contributed by atoms with Crippen LogP contribution in [0.4, 0.5) is 0 Å². The Kier molecular flexibility index (Phi) is 3.17. The predicted octanol–water partition coefficient (Wildman–Crippen LogP) is 3.71. The quantitative estimate of drug-likeness (QED) is 0.910. The molecule has 3 heteroatoms. The van der Waals surface area contributed by atoms with Gasteiger partial charge in [0, 0.05) is 0 Å². The molecule has 0 saturated carbocycles. The second-order valence-corrected chi connectivity index (χ2v) is 4.77. The smallest absolute Gasteiger partial charge is 0.139 e. The van der Waals surface area contributed by atoms with E-state index < -0.39 is 0 Å². The summed E-state index contributed by atoms with van der Waals surface area (Å²) in [5.74, 6) is 0.775. The highest BCUT2D eigenvalue weighted by Crippen LogP contribution is 2.30. The average Bonchev–Trinajstić information content (AvgIpc) is 2.64. The standard InChI is InChI=1S/C13H14BrNO/c1-8-4-3-5-9(2)11(8)12(15)13-10(14)6-7-16-13/h3-7,12H,15H2,1-2H3. The van der Waals surface area contributed by atoms with Gasteiger partial charge in [-0.15, -0.1) is 0 Å². The van der Waals surface area contributed by atoms with Gasteiger partial charge >= 0.3 is 0 Å². The molecule has 1 aromatic carbocycles. The van der Waals surface area contributed by atoms with E-state index in [2.05, 4.69) is 41.9 Å². The number of halogens is 1. The van der Waals surface area contributed by atoms with E-state index in [9.17, 15) is 0 Å². The Bertz CT molecular complexity index is 484. The summed E-state index contributed by atoms with van der Waals surface area (Å²) in [6.07, 6.45) is 1.65. The Hall–Kier alpha value is -1.06. The maximum absolute atomic E-state index is 6.24. The Morgan fingerprint density at radius 3 is 2.31 bits per heavy atom. The zero-order chi connectivity index (χ0) is 11.7. The maximum atomic E-state index is 6.24. The molecule has 0 aliphatic carbocycles. The Morgan fingerprint density at radius 1 is 1.19 bits per heavy atom. The highest BCUT2D eigenvalue weighted by Gasteiger charge is 2.18. The van der Waals surface area contributed by atoms with Crippen molar-refractivity contribution in [3.8, 4) is 0 Å². The van der Waals surface area contributed by atoms with Crippen molar-refractivity contribution in [2.24, 2.45) is 5.73 Å². The van der Waals surface area contributed by atoms with E-state index in [1.807, 2.05) is 12.1 Å². The fourth-order valence-electron chi connectivity index (χ4n) is 1.98. The molecular weight excluding hydrogens is 266 g/mol. The first-order valence-corrected chi connectivity index (χ1v) is 5.95. The minimum absolute atomic E-state index is 0.217. The van der Waals surface area contributed by atoms with Crippen molar-refractivity contribution in [2.75, 3.05) is 0 Å². The summed E-state index contributed by atoms with van der Waals surface area (Å²) < 4.78 is 6.34. The lowest BCUT2D eigenvalue weighted by Crippen LogP contribution is -2.14. The summed E-state index contributed by atoms with van der Waals surface area (Å²) in [4.78, 5) is 0. The van der Waals surface area contributed by atoms with Crippen LogP contribution in [0.15, 0.2) is 39.4 Å². The number of nitrogens with two attached hydrogens (primary N) is 1. The highest BCUT2D eigenvalue weighted by atomic mass is 79.9. The summed E-state index contributed by atoms with van der Waals surface area (Å²) in [7, 11) is 0. The van der Waals surface area contributed by atoms with Crippen molar-refractivity contribution in [1.82, 2.24) is 0 Å². The molecule has 0 fully saturated rings. The molecule has 2 nitrogen and oxygen atoms in total. The fraction of sp³-hybridized carbons (Fsp3) is 0.231. The molecule has 1 atom stereocenters. The van der Waals surface area contributed by atoms with Gasteiger partial charge in [-0.2, -0.15) is 0 Å². The van der Waals surface area contributed by atoms with Gasteiger partial charge in [-0.05, 0) is 52.5 Å². The number of hydrogen-bond donors (Lipinski definition) is 1. The molecule has 0 bridgehead atoms. The summed E-state index contributed by atoms with van der Waals surface area (Å²) in [5.41, 5.74) is 9.76. The van der Waals surface area contributed by atoms with E-state index in [1.54, 1.807) is 6.26 Å². The number of hydrogen-bond acceptors (Lipinski definition) is 2. The fourth-order valence-corrected chi connectivity index (χ4v) is 2.42. The van der Waals surface area contributed by atoms with Crippen LogP contribution in [0, 0.1) is 13.8 Å². The number of furan rings is 1. The molecule has 0 amide bonds. The Balaban J connectivity index is 2.49. The van der Waals surface area contributed by atoms with E-state index in [4.69, 9.17) is 10.2 Å². The van der Waals surface area contributed by atoms with Gasteiger partial charge in [0.25, 0.3) is 0 Å². The van der Waals surface area contributed by atoms with Crippen molar-refractivity contribution in [2.45, 2.75) is 19.9 Å². The molecule has 16 heavy (non-hydrogen) atoms. The second kappa shape index (κ2) is 4.44. The topological polar surface area (TPSA) is 39.2 Å². The van der Waals surface area contributed by atoms with Crippen molar-refractivity contribution in [3.05, 3.63) is 57.5 Å². The van der Waals surface area contributed by atoms with Crippen LogP contribution in [0.1, 0.15) is 28.5 Å². The molecule has 0 aliphatic rings. The van der Waals surface area contributed by atoms with Crippen molar-refractivity contribution in [3.63, 3.8) is 0 Å². The van der Waals surface area contributed by atoms with Gasteiger partial charge in [0.2, 0.25) is 0 Å². The molecule has 0 aliphatic heterocycles. The molecule has 84 valence electrons. The van der Waals surface area contributed by atoms with Crippen molar-refractivity contribution >= 4 is 15.9 Å². The zero-order valence-electron chi connectivity index (χ0n) is 9.33. The molecule has 0 spiro atoms. The number of benzene rings is 1. The van der Waals surface area contributed by atoms with Gasteiger partial charge in [-0.25, -0.2) is 0 Å². The first-order chi connectivity index (χ1) is 7.61. The third-order valence-electron chi connectivity index (χ3n) is 2.78. The molecular formula is C13H14BrNO. The molecule has 1 unspecified atom stereocenters. The lowest BCUT2D eigenvalue weighted by molar-refractivity contribution is 0.486. The van der Waals surface area contributed by atoms with Crippen LogP contribution in [0.3, 0.4) is 0 Å². The Labute approximate surface area is 104 Å². The second-order valence-electron chi connectivity index (χ2n) is 3.92. The van der Waals surface area contributed by atoms with Crippen molar-refractivity contribution < 1.29 is 4.42 Å². The van der Waals surface area contributed by atoms with Gasteiger partial charge in [0.1, 0.15) is 5.76 Å². The summed E-state index contributed by atoms with van der Waals surface area (Å²) in [6, 6.07) is 7.82. The van der Waals surface area contributed by atoms with E-state index in [0.717, 1.165) is 15.8 Å². The average molecular weight is 280 g/mol. The first kappa shape index (κ1) is 11.4. The maximum Gasteiger partial charge on any atom is 0.139 e. The van der Waals surface area contributed by atoms with Crippen LogP contribution in [-0.2, 0) is 0 Å². The summed E-state index contributed by atoms with van der Waals surface area (Å²) >= 11 is 3.44. The lowest BCUT2D eigenvalue weighted by atomic mass is 9.95.